The Hall–Kier alpha value is -2.57. The van der Waals surface area contributed by atoms with Crippen LogP contribution in [0.1, 0.15) is 11.3 Å². The minimum Gasteiger partial charge on any atom is -0.481 e. The van der Waals surface area contributed by atoms with E-state index < -0.39 is 0 Å². The molecule has 100 valence electrons. The van der Waals surface area contributed by atoms with Crippen molar-refractivity contribution in [3.05, 3.63) is 35.7 Å². The smallest absolute Gasteiger partial charge is 0.320 e. The molecule has 7 nitrogen and oxygen atoms in total. The number of methoxy groups -OCH3 is 1. The van der Waals surface area contributed by atoms with Crippen LogP contribution in [0.3, 0.4) is 0 Å². The molecule has 19 heavy (non-hydrogen) atoms. The highest BCUT2D eigenvalue weighted by Crippen LogP contribution is 2.13. The number of nitrogens with zero attached hydrogens (tertiary/aromatic N) is 2. The molecule has 0 bridgehead atoms. The molecular weight excluding hydrogens is 248 g/mol. The molecule has 0 saturated carbocycles. The van der Waals surface area contributed by atoms with Crippen LogP contribution in [-0.4, -0.2) is 23.3 Å². The largest absolute Gasteiger partial charge is 0.481 e. The number of ether oxygens (including phenoxy) is 1. The maximum absolute atomic E-state index is 11.6. The Balaban J connectivity index is 1.89. The van der Waals surface area contributed by atoms with Crippen LogP contribution in [-0.2, 0) is 6.54 Å². The predicted molar refractivity (Wildman–Crippen MR) is 67.9 cm³/mol. The second-order valence-corrected chi connectivity index (χ2v) is 3.80. The molecule has 2 amide bonds. The summed E-state index contributed by atoms with van der Waals surface area (Å²) in [6, 6.07) is 4.86. The number of nitrogens with one attached hydrogen (secondary N) is 2. The number of carbonyl (C=O) groups excluding carboxylic acids is 1. The van der Waals surface area contributed by atoms with Gasteiger partial charge in [0.1, 0.15) is 5.76 Å². The quantitative estimate of drug-likeness (QED) is 0.875. The highest BCUT2D eigenvalue weighted by Gasteiger charge is 2.08. The van der Waals surface area contributed by atoms with Crippen molar-refractivity contribution in [2.24, 2.45) is 0 Å². The van der Waals surface area contributed by atoms with E-state index in [9.17, 15) is 4.79 Å². The monoisotopic (exact) mass is 262 g/mol. The highest BCUT2D eigenvalue weighted by molar-refractivity contribution is 5.88. The molecule has 0 spiro atoms. The van der Waals surface area contributed by atoms with E-state index in [1.165, 1.54) is 7.11 Å². The fraction of sp³-hybridized carbons (Fsp3) is 0.250. The van der Waals surface area contributed by atoms with Crippen LogP contribution in [0.5, 0.6) is 5.88 Å². The van der Waals surface area contributed by atoms with E-state index in [4.69, 9.17) is 9.26 Å². The Morgan fingerprint density at radius 3 is 3.05 bits per heavy atom. The molecule has 0 aliphatic heterocycles. The second kappa shape index (κ2) is 5.85. The molecule has 0 unspecified atom stereocenters. The van der Waals surface area contributed by atoms with Gasteiger partial charge in [-0.05, 0) is 13.0 Å². The third kappa shape index (κ3) is 3.44. The van der Waals surface area contributed by atoms with E-state index in [1.54, 1.807) is 25.3 Å². The van der Waals surface area contributed by atoms with Crippen LogP contribution >= 0.6 is 0 Å². The first-order chi connectivity index (χ1) is 9.19. The van der Waals surface area contributed by atoms with Gasteiger partial charge in [-0.15, -0.1) is 0 Å². The van der Waals surface area contributed by atoms with Crippen LogP contribution in [0.2, 0.25) is 0 Å². The third-order valence-corrected chi connectivity index (χ3v) is 2.35. The molecule has 0 atom stereocenters. The molecule has 0 aromatic carbocycles. The van der Waals surface area contributed by atoms with E-state index >= 15 is 0 Å². The average Bonchev–Trinajstić information content (AvgIpc) is 2.82. The maximum atomic E-state index is 11.6. The van der Waals surface area contributed by atoms with Gasteiger partial charge in [0.25, 0.3) is 0 Å². The first kappa shape index (κ1) is 12.9. The maximum Gasteiger partial charge on any atom is 0.320 e. The first-order valence-corrected chi connectivity index (χ1v) is 5.65. The van der Waals surface area contributed by atoms with Crippen molar-refractivity contribution < 1.29 is 14.1 Å². The van der Waals surface area contributed by atoms with Crippen molar-refractivity contribution in [3.63, 3.8) is 0 Å². The Morgan fingerprint density at radius 1 is 1.53 bits per heavy atom. The Labute approximate surface area is 110 Å². The van der Waals surface area contributed by atoms with Crippen molar-refractivity contribution >= 4 is 11.8 Å². The van der Waals surface area contributed by atoms with Gasteiger partial charge in [0, 0.05) is 24.4 Å². The number of hydrogen-bond acceptors (Lipinski definition) is 5. The molecular formula is C12H14N4O3. The summed E-state index contributed by atoms with van der Waals surface area (Å²) in [5.41, 5.74) is 0.788. The molecule has 2 rings (SSSR count). The average molecular weight is 262 g/mol. The second-order valence-electron chi connectivity index (χ2n) is 3.80. The normalized spacial score (nSPS) is 10.0. The van der Waals surface area contributed by atoms with Crippen LogP contribution < -0.4 is 15.4 Å². The van der Waals surface area contributed by atoms with Gasteiger partial charge >= 0.3 is 6.03 Å². The lowest BCUT2D eigenvalue weighted by Crippen LogP contribution is -2.28. The van der Waals surface area contributed by atoms with E-state index in [2.05, 4.69) is 20.8 Å². The van der Waals surface area contributed by atoms with Gasteiger partial charge in [-0.3, -0.25) is 5.32 Å². The van der Waals surface area contributed by atoms with Crippen LogP contribution in [0, 0.1) is 6.92 Å². The number of pyridine rings is 1. The number of amides is 2. The topological polar surface area (TPSA) is 89.3 Å². The minimum absolute atomic E-state index is 0.305. The number of aryl methyl sites for hydroxylation is 1. The zero-order valence-electron chi connectivity index (χ0n) is 10.6. The summed E-state index contributed by atoms with van der Waals surface area (Å²) in [5.74, 6) is 1.48. The number of aromatic nitrogens is 2. The van der Waals surface area contributed by atoms with Gasteiger partial charge in [-0.1, -0.05) is 11.2 Å². The molecule has 2 aromatic heterocycles. The predicted octanol–water partition coefficient (Wildman–Crippen LogP) is 1.71. The SMILES string of the molecule is COc1ncccc1CNC(=O)Nc1cc(C)on1. The lowest BCUT2D eigenvalue weighted by atomic mass is 10.3. The third-order valence-electron chi connectivity index (χ3n) is 2.35. The van der Waals surface area contributed by atoms with Gasteiger partial charge in [0.2, 0.25) is 5.88 Å². The fourth-order valence-electron chi connectivity index (χ4n) is 1.50. The number of anilines is 1. The molecule has 2 heterocycles. The minimum atomic E-state index is -0.376. The van der Waals surface area contributed by atoms with E-state index in [0.717, 1.165) is 5.56 Å². The number of hydrogen-bond donors (Lipinski definition) is 2. The van der Waals surface area contributed by atoms with Crippen molar-refractivity contribution in [3.8, 4) is 5.88 Å². The van der Waals surface area contributed by atoms with Gasteiger partial charge in [-0.2, -0.15) is 0 Å². The standard InChI is InChI=1S/C12H14N4O3/c1-8-6-10(16-19-8)15-12(17)14-7-9-4-3-5-13-11(9)18-2/h3-6H,7H2,1-2H3,(H2,14,15,16,17). The van der Waals surface area contributed by atoms with Gasteiger partial charge in [-0.25, -0.2) is 9.78 Å². The van der Waals surface area contributed by atoms with Crippen LogP contribution in [0.4, 0.5) is 10.6 Å². The van der Waals surface area contributed by atoms with Crippen molar-refractivity contribution in [2.75, 3.05) is 12.4 Å². The highest BCUT2D eigenvalue weighted by atomic mass is 16.5. The van der Waals surface area contributed by atoms with Crippen molar-refractivity contribution in [1.82, 2.24) is 15.5 Å². The summed E-state index contributed by atoms with van der Waals surface area (Å²) >= 11 is 0. The first-order valence-electron chi connectivity index (χ1n) is 5.65. The zero-order chi connectivity index (χ0) is 13.7. The summed E-state index contributed by atoms with van der Waals surface area (Å²) < 4.78 is 9.93. The van der Waals surface area contributed by atoms with Crippen molar-refractivity contribution in [2.45, 2.75) is 13.5 Å². The summed E-state index contributed by atoms with van der Waals surface area (Å²) in [6.45, 7) is 2.05. The van der Waals surface area contributed by atoms with Gasteiger partial charge < -0.3 is 14.6 Å². The van der Waals surface area contributed by atoms with Crippen LogP contribution in [0.15, 0.2) is 28.9 Å². The Morgan fingerprint density at radius 2 is 2.37 bits per heavy atom. The molecule has 2 aromatic rings. The Bertz CT molecular complexity index is 568. The molecule has 0 aliphatic rings. The summed E-state index contributed by atoms with van der Waals surface area (Å²) in [6.07, 6.45) is 1.63. The van der Waals surface area contributed by atoms with E-state index in [-0.39, 0.29) is 6.03 Å². The fourth-order valence-corrected chi connectivity index (χ4v) is 1.50. The lowest BCUT2D eigenvalue weighted by Gasteiger charge is -2.08. The number of carbonyl (C=O) groups is 1. The summed E-state index contributed by atoms with van der Waals surface area (Å²) in [4.78, 5) is 15.7. The van der Waals surface area contributed by atoms with Crippen molar-refractivity contribution in [1.29, 1.82) is 0 Å². The zero-order valence-corrected chi connectivity index (χ0v) is 10.6. The van der Waals surface area contributed by atoms with Gasteiger partial charge in [0.15, 0.2) is 5.82 Å². The Kier molecular flexibility index (Phi) is 3.97. The molecule has 0 fully saturated rings. The molecule has 0 radical (unpaired) electrons. The number of urea groups is 1. The van der Waals surface area contributed by atoms with Gasteiger partial charge in [0.05, 0.1) is 7.11 Å². The summed E-state index contributed by atoms with van der Waals surface area (Å²) in [5, 5.41) is 8.89. The molecule has 2 N–H and O–H groups in total. The van der Waals surface area contributed by atoms with E-state index in [0.29, 0.717) is 24.0 Å². The molecule has 0 aliphatic carbocycles. The summed E-state index contributed by atoms with van der Waals surface area (Å²) in [7, 11) is 1.53. The molecule has 0 saturated heterocycles. The number of rotatable bonds is 4. The molecule has 7 heteroatoms. The lowest BCUT2D eigenvalue weighted by molar-refractivity contribution is 0.251. The van der Waals surface area contributed by atoms with E-state index in [1.807, 2.05) is 6.07 Å². The van der Waals surface area contributed by atoms with Crippen LogP contribution in [0.25, 0.3) is 0 Å².